The highest BCUT2D eigenvalue weighted by Crippen LogP contribution is 2.24. The minimum Gasteiger partial charge on any atom is -0.465 e. The predicted octanol–water partition coefficient (Wildman–Crippen LogP) is 0.918. The molecule has 0 aliphatic carbocycles. The average molecular weight is 231 g/mol. The van der Waals surface area contributed by atoms with Crippen LogP contribution in [0.25, 0.3) is 0 Å². The summed E-state index contributed by atoms with van der Waals surface area (Å²) >= 11 is 1.12. The molecule has 1 atom stereocenters. The summed E-state index contributed by atoms with van der Waals surface area (Å²) in [6, 6.07) is 0. The predicted molar refractivity (Wildman–Crippen MR) is 55.0 cm³/mol. The van der Waals surface area contributed by atoms with Crippen LogP contribution >= 0.6 is 11.3 Å². The molecule has 1 unspecified atom stereocenters. The lowest BCUT2D eigenvalue weighted by molar-refractivity contribution is 0.0605. The van der Waals surface area contributed by atoms with Gasteiger partial charge in [-0.1, -0.05) is 0 Å². The monoisotopic (exact) mass is 231 g/mol. The first-order valence-electron chi connectivity index (χ1n) is 4.32. The van der Waals surface area contributed by atoms with Crippen molar-refractivity contribution in [1.82, 2.24) is 4.98 Å². The van der Waals surface area contributed by atoms with E-state index in [1.54, 1.807) is 6.92 Å². The van der Waals surface area contributed by atoms with Crippen LogP contribution in [0, 0.1) is 6.92 Å². The smallest absolute Gasteiger partial charge is 0.349 e. The maximum absolute atomic E-state index is 11.3. The number of aromatic nitrogens is 1. The Morgan fingerprint density at radius 1 is 1.60 bits per heavy atom. The van der Waals surface area contributed by atoms with E-state index in [0.29, 0.717) is 15.6 Å². The first-order valence-corrected chi connectivity index (χ1v) is 5.14. The minimum atomic E-state index is -0.794. The standard InChI is InChI=1S/C9H13NO4S/c1-5-7(9(12)14-3)15-8(10-5)6(11)4-13-2/h6,11H,4H2,1-3H3. The third-order valence-electron chi connectivity index (χ3n) is 1.79. The molecule has 0 saturated carbocycles. The van der Waals surface area contributed by atoms with Crippen molar-refractivity contribution in [2.45, 2.75) is 13.0 Å². The Kier molecular flexibility index (Phi) is 4.19. The van der Waals surface area contributed by atoms with Gasteiger partial charge in [0, 0.05) is 7.11 Å². The third-order valence-corrected chi connectivity index (χ3v) is 3.03. The number of nitrogens with zero attached hydrogens (tertiary/aromatic N) is 1. The summed E-state index contributed by atoms with van der Waals surface area (Å²) in [5, 5.41) is 10.1. The number of thiazole rings is 1. The highest BCUT2D eigenvalue weighted by Gasteiger charge is 2.19. The van der Waals surface area contributed by atoms with Crippen molar-refractivity contribution >= 4 is 17.3 Å². The lowest BCUT2D eigenvalue weighted by atomic mass is 10.4. The van der Waals surface area contributed by atoms with Crippen molar-refractivity contribution in [3.63, 3.8) is 0 Å². The van der Waals surface area contributed by atoms with Crippen molar-refractivity contribution in [2.24, 2.45) is 0 Å². The number of carbonyl (C=O) groups excluding carboxylic acids is 1. The molecular formula is C9H13NO4S. The van der Waals surface area contributed by atoms with E-state index in [-0.39, 0.29) is 6.61 Å². The van der Waals surface area contributed by atoms with Crippen molar-refractivity contribution in [1.29, 1.82) is 0 Å². The Bertz CT molecular complexity index is 350. The molecule has 84 valence electrons. The number of hydrogen-bond acceptors (Lipinski definition) is 6. The van der Waals surface area contributed by atoms with Crippen LogP contribution in [0.5, 0.6) is 0 Å². The molecule has 0 bridgehead atoms. The zero-order valence-corrected chi connectivity index (χ0v) is 9.63. The van der Waals surface area contributed by atoms with Gasteiger partial charge in [-0.15, -0.1) is 11.3 Å². The molecule has 0 fully saturated rings. The SMILES string of the molecule is COCC(O)c1nc(C)c(C(=O)OC)s1. The Hall–Kier alpha value is -0.980. The van der Waals surface area contributed by atoms with Crippen LogP contribution in [0.3, 0.4) is 0 Å². The molecule has 1 aromatic rings. The van der Waals surface area contributed by atoms with Gasteiger partial charge in [0.05, 0.1) is 19.4 Å². The first-order chi connectivity index (χ1) is 7.10. The Labute approximate surface area is 91.7 Å². The zero-order chi connectivity index (χ0) is 11.4. The van der Waals surface area contributed by atoms with Crippen LogP contribution in [-0.2, 0) is 9.47 Å². The summed E-state index contributed by atoms with van der Waals surface area (Å²) in [6.07, 6.45) is -0.794. The third kappa shape index (κ3) is 2.74. The van der Waals surface area contributed by atoms with Gasteiger partial charge in [-0.2, -0.15) is 0 Å². The molecule has 5 nitrogen and oxygen atoms in total. The van der Waals surface area contributed by atoms with Gasteiger partial charge in [-0.25, -0.2) is 9.78 Å². The van der Waals surface area contributed by atoms with Gasteiger partial charge >= 0.3 is 5.97 Å². The van der Waals surface area contributed by atoms with Gasteiger partial charge in [0.15, 0.2) is 0 Å². The van der Waals surface area contributed by atoms with Crippen molar-refractivity contribution in [3.8, 4) is 0 Å². The van der Waals surface area contributed by atoms with Crippen LogP contribution in [0.4, 0.5) is 0 Å². The zero-order valence-electron chi connectivity index (χ0n) is 8.81. The Morgan fingerprint density at radius 3 is 2.80 bits per heavy atom. The summed E-state index contributed by atoms with van der Waals surface area (Å²) in [5.41, 5.74) is 0.567. The second-order valence-electron chi connectivity index (χ2n) is 2.93. The molecule has 1 heterocycles. The first kappa shape index (κ1) is 12.1. The van der Waals surface area contributed by atoms with Gasteiger partial charge < -0.3 is 14.6 Å². The van der Waals surface area contributed by atoms with Gasteiger partial charge in [0.25, 0.3) is 0 Å². The van der Waals surface area contributed by atoms with Gasteiger partial charge in [0.1, 0.15) is 16.0 Å². The van der Waals surface area contributed by atoms with Crippen molar-refractivity contribution in [3.05, 3.63) is 15.6 Å². The Balaban J connectivity index is 2.90. The summed E-state index contributed by atoms with van der Waals surface area (Å²) in [4.78, 5) is 15.8. The molecule has 0 aliphatic heterocycles. The van der Waals surface area contributed by atoms with E-state index in [1.165, 1.54) is 14.2 Å². The lowest BCUT2D eigenvalue weighted by Gasteiger charge is -2.03. The molecule has 0 aromatic carbocycles. The molecule has 0 aliphatic rings. The fourth-order valence-corrected chi connectivity index (χ4v) is 2.03. The highest BCUT2D eigenvalue weighted by molar-refractivity contribution is 7.13. The van der Waals surface area contributed by atoms with E-state index < -0.39 is 12.1 Å². The molecule has 1 rings (SSSR count). The lowest BCUT2D eigenvalue weighted by Crippen LogP contribution is -2.04. The van der Waals surface area contributed by atoms with E-state index in [1.807, 2.05) is 0 Å². The molecule has 1 N–H and O–H groups in total. The van der Waals surface area contributed by atoms with Crippen molar-refractivity contribution < 1.29 is 19.4 Å². The van der Waals surface area contributed by atoms with Crippen molar-refractivity contribution in [2.75, 3.05) is 20.8 Å². The average Bonchev–Trinajstić information content (AvgIpc) is 2.60. The number of aliphatic hydroxyl groups is 1. The normalized spacial score (nSPS) is 12.5. The second kappa shape index (κ2) is 5.20. The highest BCUT2D eigenvalue weighted by atomic mass is 32.1. The summed E-state index contributed by atoms with van der Waals surface area (Å²) in [5.74, 6) is -0.430. The van der Waals surface area contributed by atoms with Crippen LogP contribution < -0.4 is 0 Å². The number of hydrogen-bond donors (Lipinski definition) is 1. The van der Waals surface area contributed by atoms with Crippen LogP contribution in [0.2, 0.25) is 0 Å². The van der Waals surface area contributed by atoms with E-state index in [9.17, 15) is 9.90 Å². The molecule has 0 radical (unpaired) electrons. The fraction of sp³-hybridized carbons (Fsp3) is 0.556. The number of rotatable bonds is 4. The molecule has 6 heteroatoms. The summed E-state index contributed by atoms with van der Waals surface area (Å²) < 4.78 is 9.38. The van der Waals surface area contributed by atoms with Crippen LogP contribution in [-0.4, -0.2) is 36.9 Å². The van der Waals surface area contributed by atoms with Crippen LogP contribution in [0.1, 0.15) is 26.5 Å². The number of methoxy groups -OCH3 is 2. The molecular weight excluding hydrogens is 218 g/mol. The number of aryl methyl sites for hydroxylation is 1. The maximum atomic E-state index is 11.3. The number of carbonyl (C=O) groups is 1. The van der Waals surface area contributed by atoms with E-state index in [0.717, 1.165) is 11.3 Å². The molecule has 0 spiro atoms. The van der Waals surface area contributed by atoms with Gasteiger partial charge in [0.2, 0.25) is 0 Å². The maximum Gasteiger partial charge on any atom is 0.349 e. The van der Waals surface area contributed by atoms with Gasteiger partial charge in [-0.3, -0.25) is 0 Å². The quantitative estimate of drug-likeness (QED) is 0.780. The van der Waals surface area contributed by atoms with E-state index in [2.05, 4.69) is 9.72 Å². The van der Waals surface area contributed by atoms with Crippen LogP contribution in [0.15, 0.2) is 0 Å². The molecule has 1 aromatic heterocycles. The van der Waals surface area contributed by atoms with Gasteiger partial charge in [-0.05, 0) is 6.92 Å². The number of aliphatic hydroxyl groups excluding tert-OH is 1. The molecule has 0 saturated heterocycles. The largest absolute Gasteiger partial charge is 0.465 e. The molecule has 15 heavy (non-hydrogen) atoms. The summed E-state index contributed by atoms with van der Waals surface area (Å²) in [6.45, 7) is 1.86. The number of esters is 1. The minimum absolute atomic E-state index is 0.160. The topological polar surface area (TPSA) is 68.7 Å². The van der Waals surface area contributed by atoms with E-state index >= 15 is 0 Å². The fourth-order valence-electron chi connectivity index (χ4n) is 1.07. The summed E-state index contributed by atoms with van der Waals surface area (Å²) in [7, 11) is 2.80. The van der Waals surface area contributed by atoms with E-state index in [4.69, 9.17) is 4.74 Å². The Morgan fingerprint density at radius 2 is 2.27 bits per heavy atom. The number of ether oxygens (including phenoxy) is 2. The molecule has 0 amide bonds. The second-order valence-corrected chi connectivity index (χ2v) is 3.96.